The molecule has 0 amide bonds. The predicted molar refractivity (Wildman–Crippen MR) is 49.5 cm³/mol. The molecule has 0 aliphatic heterocycles. The third-order valence-electron chi connectivity index (χ3n) is 0.797. The standard InChI is InChI=1S/C8H11NS/c1-3-8(2)10-7-5-4-6-9/h3,5-7,9H,1-2,4H2/b7-5-,9-6?. The zero-order valence-corrected chi connectivity index (χ0v) is 6.66. The molecule has 0 atom stereocenters. The van der Waals surface area contributed by atoms with Crippen LogP contribution in [0.25, 0.3) is 0 Å². The van der Waals surface area contributed by atoms with Gasteiger partial charge in [0.25, 0.3) is 0 Å². The van der Waals surface area contributed by atoms with E-state index in [4.69, 9.17) is 5.41 Å². The molecule has 0 rings (SSSR count). The summed E-state index contributed by atoms with van der Waals surface area (Å²) in [5.74, 6) is 0. The van der Waals surface area contributed by atoms with Crippen LogP contribution >= 0.6 is 11.8 Å². The van der Waals surface area contributed by atoms with Gasteiger partial charge in [-0.05, 0) is 11.6 Å². The highest BCUT2D eigenvalue weighted by Crippen LogP contribution is 2.14. The molecular formula is C8H11NS. The third-order valence-corrected chi connectivity index (χ3v) is 1.60. The lowest BCUT2D eigenvalue weighted by atomic mass is 10.5. The molecular weight excluding hydrogens is 142 g/mol. The van der Waals surface area contributed by atoms with Gasteiger partial charge < -0.3 is 5.41 Å². The average Bonchev–Trinajstić information content (AvgIpc) is 1.98. The Labute approximate surface area is 66.0 Å². The minimum absolute atomic E-state index is 0.692. The molecule has 10 heavy (non-hydrogen) atoms. The molecule has 0 saturated carbocycles. The van der Waals surface area contributed by atoms with Gasteiger partial charge in [0.15, 0.2) is 0 Å². The zero-order chi connectivity index (χ0) is 7.82. The van der Waals surface area contributed by atoms with Crippen molar-refractivity contribution in [2.45, 2.75) is 6.42 Å². The molecule has 0 spiro atoms. The molecule has 0 saturated heterocycles. The molecule has 0 radical (unpaired) electrons. The fraction of sp³-hybridized carbons (Fsp3) is 0.125. The van der Waals surface area contributed by atoms with Crippen molar-refractivity contribution in [2.75, 3.05) is 0 Å². The van der Waals surface area contributed by atoms with E-state index in [0.29, 0.717) is 6.42 Å². The zero-order valence-electron chi connectivity index (χ0n) is 5.84. The lowest BCUT2D eigenvalue weighted by Gasteiger charge is -1.88. The molecule has 0 unspecified atom stereocenters. The van der Waals surface area contributed by atoms with E-state index >= 15 is 0 Å². The average molecular weight is 153 g/mol. The Hall–Kier alpha value is -0.760. The van der Waals surface area contributed by atoms with Crippen LogP contribution in [-0.4, -0.2) is 6.21 Å². The number of rotatable bonds is 5. The Morgan fingerprint density at radius 1 is 1.60 bits per heavy atom. The summed E-state index contributed by atoms with van der Waals surface area (Å²) in [6.07, 6.45) is 5.66. The maximum absolute atomic E-state index is 6.71. The molecule has 0 aromatic carbocycles. The van der Waals surface area contributed by atoms with Crippen LogP contribution in [0.5, 0.6) is 0 Å². The number of allylic oxidation sites excluding steroid dienone is 2. The molecule has 2 heteroatoms. The summed E-state index contributed by atoms with van der Waals surface area (Å²) in [6, 6.07) is 0. The van der Waals surface area contributed by atoms with Gasteiger partial charge in [0.2, 0.25) is 0 Å². The quantitative estimate of drug-likeness (QED) is 0.476. The number of nitrogens with one attached hydrogen (secondary N) is 1. The molecule has 1 N–H and O–H groups in total. The van der Waals surface area contributed by atoms with E-state index in [2.05, 4.69) is 13.2 Å². The Kier molecular flexibility index (Phi) is 5.88. The van der Waals surface area contributed by atoms with Crippen molar-refractivity contribution < 1.29 is 0 Å². The Morgan fingerprint density at radius 3 is 2.80 bits per heavy atom. The molecule has 54 valence electrons. The molecule has 0 aromatic rings. The van der Waals surface area contributed by atoms with Crippen molar-refractivity contribution in [3.8, 4) is 0 Å². The predicted octanol–water partition coefficient (Wildman–Crippen LogP) is 2.97. The van der Waals surface area contributed by atoms with E-state index in [1.54, 1.807) is 6.08 Å². The highest BCUT2D eigenvalue weighted by atomic mass is 32.2. The summed E-state index contributed by atoms with van der Waals surface area (Å²) in [7, 11) is 0. The Morgan fingerprint density at radius 2 is 2.30 bits per heavy atom. The van der Waals surface area contributed by atoms with E-state index in [9.17, 15) is 0 Å². The van der Waals surface area contributed by atoms with Crippen LogP contribution in [-0.2, 0) is 0 Å². The summed E-state index contributed by atoms with van der Waals surface area (Å²) in [5.41, 5.74) is 0. The molecule has 1 nitrogen and oxygen atoms in total. The lowest BCUT2D eigenvalue weighted by Crippen LogP contribution is -1.63. The van der Waals surface area contributed by atoms with Gasteiger partial charge in [0.1, 0.15) is 0 Å². The molecule has 0 heterocycles. The van der Waals surface area contributed by atoms with Crippen molar-refractivity contribution in [3.05, 3.63) is 35.6 Å². The van der Waals surface area contributed by atoms with Gasteiger partial charge in [0, 0.05) is 11.3 Å². The first kappa shape index (κ1) is 9.24. The Bertz CT molecular complexity index is 159. The van der Waals surface area contributed by atoms with Crippen molar-refractivity contribution in [1.82, 2.24) is 0 Å². The maximum atomic E-state index is 6.71. The van der Waals surface area contributed by atoms with Gasteiger partial charge in [-0.3, -0.25) is 0 Å². The summed E-state index contributed by atoms with van der Waals surface area (Å²) in [5, 5.41) is 8.62. The SMILES string of the molecule is C=CC(=C)S/C=C\CC=N. The fourth-order valence-corrected chi connectivity index (χ4v) is 0.786. The highest BCUT2D eigenvalue weighted by molar-refractivity contribution is 8.06. The van der Waals surface area contributed by atoms with Crippen LogP contribution in [0, 0.1) is 5.41 Å². The van der Waals surface area contributed by atoms with Crippen LogP contribution in [0.3, 0.4) is 0 Å². The number of hydrogen-bond acceptors (Lipinski definition) is 2. The summed E-state index contributed by atoms with van der Waals surface area (Å²) < 4.78 is 0. The number of hydrogen-bond donors (Lipinski definition) is 1. The van der Waals surface area contributed by atoms with Crippen molar-refractivity contribution in [2.24, 2.45) is 0 Å². The minimum atomic E-state index is 0.692. The van der Waals surface area contributed by atoms with Crippen LogP contribution < -0.4 is 0 Å². The number of thioether (sulfide) groups is 1. The van der Waals surface area contributed by atoms with E-state index in [1.165, 1.54) is 18.0 Å². The van der Waals surface area contributed by atoms with Gasteiger partial charge in [0.05, 0.1) is 0 Å². The van der Waals surface area contributed by atoms with E-state index < -0.39 is 0 Å². The topological polar surface area (TPSA) is 23.9 Å². The van der Waals surface area contributed by atoms with Crippen LogP contribution in [0.2, 0.25) is 0 Å². The van der Waals surface area contributed by atoms with Crippen molar-refractivity contribution >= 4 is 18.0 Å². The second-order valence-corrected chi connectivity index (χ2v) is 2.63. The molecule has 0 aliphatic carbocycles. The maximum Gasteiger partial charge on any atom is 0.00379 e. The summed E-state index contributed by atoms with van der Waals surface area (Å²) in [4.78, 5) is 0.932. The highest BCUT2D eigenvalue weighted by Gasteiger charge is 1.79. The van der Waals surface area contributed by atoms with Crippen molar-refractivity contribution in [3.63, 3.8) is 0 Å². The third kappa shape index (κ3) is 5.38. The first-order chi connectivity index (χ1) is 4.81. The van der Waals surface area contributed by atoms with Gasteiger partial charge in [-0.25, -0.2) is 0 Å². The second kappa shape index (κ2) is 6.36. The normalized spacial score (nSPS) is 9.60. The lowest BCUT2D eigenvalue weighted by molar-refractivity contribution is 1.44. The molecule has 0 aromatic heterocycles. The van der Waals surface area contributed by atoms with E-state index in [0.717, 1.165) is 4.91 Å². The largest absolute Gasteiger partial charge is 0.313 e. The first-order valence-electron chi connectivity index (χ1n) is 2.93. The van der Waals surface area contributed by atoms with Crippen molar-refractivity contribution in [1.29, 1.82) is 5.41 Å². The second-order valence-electron chi connectivity index (χ2n) is 1.60. The minimum Gasteiger partial charge on any atom is -0.313 e. The molecule has 0 aliphatic rings. The van der Waals surface area contributed by atoms with Gasteiger partial charge in [-0.15, -0.1) is 0 Å². The fourth-order valence-electron chi connectivity index (χ4n) is 0.307. The smallest absolute Gasteiger partial charge is 0.00379 e. The molecule has 0 fully saturated rings. The van der Waals surface area contributed by atoms with E-state index in [1.807, 2.05) is 11.5 Å². The summed E-state index contributed by atoms with van der Waals surface area (Å²) in [6.45, 7) is 7.27. The van der Waals surface area contributed by atoms with Gasteiger partial charge in [-0.2, -0.15) is 0 Å². The van der Waals surface area contributed by atoms with E-state index in [-0.39, 0.29) is 0 Å². The van der Waals surface area contributed by atoms with Crippen LogP contribution in [0.4, 0.5) is 0 Å². The van der Waals surface area contributed by atoms with Gasteiger partial charge in [-0.1, -0.05) is 37.1 Å². The monoisotopic (exact) mass is 153 g/mol. The molecule has 0 bridgehead atoms. The summed E-state index contributed by atoms with van der Waals surface area (Å²) >= 11 is 1.52. The van der Waals surface area contributed by atoms with Crippen LogP contribution in [0.1, 0.15) is 6.42 Å². The Balaban J connectivity index is 3.42. The van der Waals surface area contributed by atoms with Crippen LogP contribution in [0.15, 0.2) is 35.6 Å². The van der Waals surface area contributed by atoms with Gasteiger partial charge >= 0.3 is 0 Å². The first-order valence-corrected chi connectivity index (χ1v) is 3.81.